The van der Waals surface area contributed by atoms with Gasteiger partial charge in [-0.25, -0.2) is 0 Å². The molecule has 6 nitrogen and oxygen atoms in total. The van der Waals surface area contributed by atoms with Crippen LogP contribution >= 0.6 is 0 Å². The average Bonchev–Trinajstić information content (AvgIpc) is 2.62. The van der Waals surface area contributed by atoms with Gasteiger partial charge in [0.15, 0.2) is 11.3 Å². The topological polar surface area (TPSA) is 130 Å². The maximum absolute atomic E-state index is 9.21. The second kappa shape index (κ2) is 5.19. The summed E-state index contributed by atoms with van der Waals surface area (Å²) in [6.45, 7) is 5.21. The summed E-state index contributed by atoms with van der Waals surface area (Å²) >= 11 is 0. The molecule has 20 heavy (non-hydrogen) atoms. The van der Waals surface area contributed by atoms with Crippen LogP contribution in [0.5, 0.6) is 0 Å². The first-order valence-corrected chi connectivity index (χ1v) is 5.59. The minimum absolute atomic E-state index is 0.0120. The fourth-order valence-electron chi connectivity index (χ4n) is 1.67. The number of rotatable bonds is 1. The average molecular weight is 265 g/mol. The third-order valence-corrected chi connectivity index (χ3v) is 3.08. The first-order chi connectivity index (χ1) is 9.33. The van der Waals surface area contributed by atoms with Gasteiger partial charge < -0.3 is 10.5 Å². The van der Waals surface area contributed by atoms with Crippen LogP contribution in [-0.4, -0.2) is 5.60 Å². The van der Waals surface area contributed by atoms with Gasteiger partial charge >= 0.3 is 0 Å². The predicted molar refractivity (Wildman–Crippen MR) is 68.6 cm³/mol. The van der Waals surface area contributed by atoms with Crippen LogP contribution < -0.4 is 5.73 Å². The van der Waals surface area contributed by atoms with E-state index in [-0.39, 0.29) is 22.6 Å². The van der Waals surface area contributed by atoms with Crippen LogP contribution in [0.1, 0.15) is 20.8 Å². The Hall–Kier alpha value is -3.22. The van der Waals surface area contributed by atoms with E-state index in [1.165, 1.54) is 0 Å². The molecule has 98 valence electrons. The summed E-state index contributed by atoms with van der Waals surface area (Å²) in [6.07, 6.45) is 0. The van der Waals surface area contributed by atoms with Gasteiger partial charge in [-0.05, 0) is 26.3 Å². The van der Waals surface area contributed by atoms with E-state index >= 15 is 0 Å². The fraction of sp³-hybridized carbons (Fsp3) is 0.286. The lowest BCUT2D eigenvalue weighted by molar-refractivity contribution is 0.0925. The largest absolute Gasteiger partial charge is 0.481 e. The normalized spacial score (nSPS) is 17.9. The Bertz CT molecular complexity index is 707. The first kappa shape index (κ1) is 14.8. The molecule has 0 amide bonds. The van der Waals surface area contributed by atoms with E-state index in [2.05, 4.69) is 0 Å². The van der Waals surface area contributed by atoms with Gasteiger partial charge in [0, 0.05) is 0 Å². The Kier molecular flexibility index (Phi) is 3.85. The van der Waals surface area contributed by atoms with Crippen LogP contribution in [0, 0.1) is 45.3 Å². The van der Waals surface area contributed by atoms with Crippen molar-refractivity contribution in [3.8, 4) is 24.3 Å². The molecule has 0 radical (unpaired) electrons. The quantitative estimate of drug-likeness (QED) is 0.717. The number of allylic oxidation sites excluding steroid dienone is 3. The third kappa shape index (κ3) is 2.19. The smallest absolute Gasteiger partial charge is 0.158 e. The van der Waals surface area contributed by atoms with Crippen LogP contribution in [0.3, 0.4) is 0 Å². The predicted octanol–water partition coefficient (Wildman–Crippen LogP) is 1.67. The third-order valence-electron chi connectivity index (χ3n) is 3.08. The Balaban J connectivity index is 3.69. The van der Waals surface area contributed by atoms with Gasteiger partial charge in [-0.1, -0.05) is 0 Å². The monoisotopic (exact) mass is 265 g/mol. The van der Waals surface area contributed by atoms with Crippen molar-refractivity contribution in [2.75, 3.05) is 0 Å². The minimum atomic E-state index is -0.748. The summed E-state index contributed by atoms with van der Waals surface area (Å²) in [5.74, 6) is 0.0120. The second-order valence-corrected chi connectivity index (χ2v) is 4.55. The van der Waals surface area contributed by atoms with Gasteiger partial charge in [-0.15, -0.1) is 0 Å². The lowest BCUT2D eigenvalue weighted by Gasteiger charge is -2.20. The molecule has 0 atom stereocenters. The van der Waals surface area contributed by atoms with Gasteiger partial charge in [0.25, 0.3) is 0 Å². The summed E-state index contributed by atoms with van der Waals surface area (Å²) in [5, 5.41) is 36.0. The van der Waals surface area contributed by atoms with Gasteiger partial charge in [0.1, 0.15) is 35.5 Å². The Labute approximate surface area is 116 Å². The molecule has 0 aromatic carbocycles. The minimum Gasteiger partial charge on any atom is -0.481 e. The molecule has 0 spiro atoms. The molecule has 0 fully saturated rings. The number of hydrogen-bond acceptors (Lipinski definition) is 6. The second-order valence-electron chi connectivity index (χ2n) is 4.55. The molecular formula is C14H11N5O. The standard InChI is InChI=1S/C14H11N5O/c1-8-10(6-17)13(20-14(8,2)3)11(7-18)12(19)9(4-15)5-16/h19H2,1-3H3/b13-11-. The van der Waals surface area contributed by atoms with Crippen molar-refractivity contribution in [1.29, 1.82) is 21.0 Å². The maximum atomic E-state index is 9.21. The first-order valence-electron chi connectivity index (χ1n) is 5.59. The zero-order valence-corrected chi connectivity index (χ0v) is 11.3. The van der Waals surface area contributed by atoms with Crippen LogP contribution in [0.25, 0.3) is 0 Å². The highest BCUT2D eigenvalue weighted by Crippen LogP contribution is 2.39. The van der Waals surface area contributed by atoms with Crippen molar-refractivity contribution < 1.29 is 4.74 Å². The van der Waals surface area contributed by atoms with Gasteiger partial charge in [0.2, 0.25) is 0 Å². The molecule has 1 aliphatic heterocycles. The van der Waals surface area contributed by atoms with Crippen molar-refractivity contribution in [1.82, 2.24) is 0 Å². The highest BCUT2D eigenvalue weighted by molar-refractivity contribution is 5.61. The number of nitrogens with two attached hydrogens (primary N) is 1. The summed E-state index contributed by atoms with van der Waals surface area (Å²) in [6, 6.07) is 6.98. The number of nitrogens with zero attached hydrogens (tertiary/aromatic N) is 4. The number of nitriles is 4. The summed E-state index contributed by atoms with van der Waals surface area (Å²) < 4.78 is 5.61. The van der Waals surface area contributed by atoms with Crippen molar-refractivity contribution in [2.45, 2.75) is 26.4 Å². The summed E-state index contributed by atoms with van der Waals surface area (Å²) in [7, 11) is 0. The van der Waals surface area contributed by atoms with Crippen molar-refractivity contribution in [2.24, 2.45) is 5.73 Å². The Morgan fingerprint density at radius 2 is 1.65 bits per heavy atom. The zero-order valence-electron chi connectivity index (χ0n) is 11.3. The Morgan fingerprint density at radius 1 is 1.10 bits per heavy atom. The lowest BCUT2D eigenvalue weighted by Crippen LogP contribution is -2.20. The molecule has 6 heteroatoms. The molecule has 1 aliphatic rings. The van der Waals surface area contributed by atoms with E-state index in [0.29, 0.717) is 5.57 Å². The lowest BCUT2D eigenvalue weighted by atomic mass is 9.96. The maximum Gasteiger partial charge on any atom is 0.158 e. The molecule has 0 saturated carbocycles. The zero-order chi connectivity index (χ0) is 15.5. The molecule has 0 saturated heterocycles. The van der Waals surface area contributed by atoms with Crippen LogP contribution in [0.2, 0.25) is 0 Å². The molecule has 0 aromatic rings. The molecule has 2 N–H and O–H groups in total. The van der Waals surface area contributed by atoms with Crippen LogP contribution in [0.4, 0.5) is 0 Å². The summed E-state index contributed by atoms with van der Waals surface area (Å²) in [4.78, 5) is 0. The van der Waals surface area contributed by atoms with Gasteiger partial charge in [-0.3, -0.25) is 0 Å². The molecule has 0 aliphatic carbocycles. The molecular weight excluding hydrogens is 254 g/mol. The van der Waals surface area contributed by atoms with Crippen molar-refractivity contribution in [3.63, 3.8) is 0 Å². The Morgan fingerprint density at radius 3 is 2.05 bits per heavy atom. The number of ether oxygens (including phenoxy) is 1. The van der Waals surface area contributed by atoms with E-state index in [0.717, 1.165) is 0 Å². The van der Waals surface area contributed by atoms with Crippen LogP contribution in [-0.2, 0) is 4.74 Å². The van der Waals surface area contributed by atoms with Crippen LogP contribution in [0.15, 0.2) is 33.7 Å². The molecule has 0 aromatic heterocycles. The highest BCUT2D eigenvalue weighted by atomic mass is 16.5. The van der Waals surface area contributed by atoms with Crippen molar-refractivity contribution >= 4 is 0 Å². The van der Waals surface area contributed by atoms with E-state index in [4.69, 9.17) is 21.0 Å². The van der Waals surface area contributed by atoms with Gasteiger partial charge in [-0.2, -0.15) is 21.0 Å². The van der Waals surface area contributed by atoms with E-state index in [9.17, 15) is 10.5 Å². The SMILES string of the molecule is CC1=C(C#N)/C(=C(\C#N)C(N)=C(C#N)C#N)OC1(C)C. The number of hydrogen-bond donors (Lipinski definition) is 1. The molecule has 1 rings (SSSR count). The van der Waals surface area contributed by atoms with E-state index in [1.54, 1.807) is 39.0 Å². The van der Waals surface area contributed by atoms with Crippen molar-refractivity contribution in [3.05, 3.63) is 33.7 Å². The van der Waals surface area contributed by atoms with E-state index < -0.39 is 11.2 Å². The molecule has 0 unspecified atom stereocenters. The molecule has 0 bridgehead atoms. The van der Waals surface area contributed by atoms with E-state index in [1.807, 2.05) is 6.07 Å². The highest BCUT2D eigenvalue weighted by Gasteiger charge is 2.37. The van der Waals surface area contributed by atoms with Gasteiger partial charge in [0.05, 0.1) is 11.3 Å². The fourth-order valence-corrected chi connectivity index (χ4v) is 1.67. The molecule has 1 heterocycles. The summed E-state index contributed by atoms with van der Waals surface area (Å²) in [5.41, 5.74) is 4.92.